The van der Waals surface area contributed by atoms with E-state index in [1.54, 1.807) is 6.20 Å². The number of aromatic hydroxyl groups is 1. The van der Waals surface area contributed by atoms with Gasteiger partial charge in [-0.15, -0.1) is 0 Å². The van der Waals surface area contributed by atoms with Gasteiger partial charge in [-0.1, -0.05) is 0 Å². The molecule has 3 heterocycles. The molecule has 0 aliphatic heterocycles. The Kier molecular flexibility index (Phi) is 2.48. The molecule has 0 amide bonds. The predicted octanol–water partition coefficient (Wildman–Crippen LogP) is 1.26. The zero-order chi connectivity index (χ0) is 13.6. The van der Waals surface area contributed by atoms with E-state index in [0.29, 0.717) is 11.2 Å². The molecule has 1 N–H and O–H groups in total. The van der Waals surface area contributed by atoms with Crippen LogP contribution in [0.5, 0.6) is 5.88 Å². The van der Waals surface area contributed by atoms with Crippen LogP contribution in [0.2, 0.25) is 0 Å². The Labute approximate surface area is 109 Å². The van der Waals surface area contributed by atoms with Gasteiger partial charge in [0, 0.05) is 19.3 Å². The minimum Gasteiger partial charge on any atom is -0.492 e. The summed E-state index contributed by atoms with van der Waals surface area (Å²) in [5.74, 6) is 0.621. The highest BCUT2D eigenvalue weighted by Gasteiger charge is 2.17. The van der Waals surface area contributed by atoms with E-state index in [1.165, 1.54) is 6.33 Å². The van der Waals surface area contributed by atoms with Crippen molar-refractivity contribution in [3.8, 4) is 17.3 Å². The molecular weight excluding hydrogens is 244 g/mol. The van der Waals surface area contributed by atoms with Gasteiger partial charge in [-0.25, -0.2) is 9.97 Å². The lowest BCUT2D eigenvalue weighted by Gasteiger charge is -2.02. The highest BCUT2D eigenvalue weighted by Crippen LogP contribution is 2.27. The fourth-order valence-electron chi connectivity index (χ4n) is 2.21. The Morgan fingerprint density at radius 1 is 1.32 bits per heavy atom. The molecule has 98 valence electrons. The summed E-state index contributed by atoms with van der Waals surface area (Å²) in [6, 6.07) is 0. The first-order valence-electron chi connectivity index (χ1n) is 6.02. The number of aromatic nitrogens is 6. The molecule has 0 fully saturated rings. The lowest BCUT2D eigenvalue weighted by atomic mass is 10.2. The minimum atomic E-state index is -0.104. The van der Waals surface area contributed by atoms with E-state index in [9.17, 15) is 5.11 Å². The third-order valence-electron chi connectivity index (χ3n) is 3.28. The van der Waals surface area contributed by atoms with Crippen LogP contribution in [0.3, 0.4) is 0 Å². The van der Waals surface area contributed by atoms with Crippen LogP contribution in [-0.2, 0) is 13.6 Å². The van der Waals surface area contributed by atoms with E-state index in [4.69, 9.17) is 0 Å². The standard InChI is InChI=1S/C12H14N6O/c1-4-18-7(2)8(5-15-18)10-16-9-11(17(10)3)13-6-14-12(9)19/h5-6H,4H2,1-3H3,(H,13,14,19). The number of hydrogen-bond donors (Lipinski definition) is 1. The Bertz CT molecular complexity index is 757. The van der Waals surface area contributed by atoms with Crippen LogP contribution in [0.15, 0.2) is 12.5 Å². The van der Waals surface area contributed by atoms with Crippen molar-refractivity contribution in [1.29, 1.82) is 0 Å². The van der Waals surface area contributed by atoms with Crippen LogP contribution in [-0.4, -0.2) is 34.4 Å². The summed E-state index contributed by atoms with van der Waals surface area (Å²) in [5.41, 5.74) is 2.98. The van der Waals surface area contributed by atoms with Crippen LogP contribution >= 0.6 is 0 Å². The van der Waals surface area contributed by atoms with Gasteiger partial charge in [0.05, 0.1) is 11.8 Å². The molecule has 0 aliphatic rings. The molecule has 0 saturated carbocycles. The maximum absolute atomic E-state index is 9.73. The monoisotopic (exact) mass is 258 g/mol. The van der Waals surface area contributed by atoms with Gasteiger partial charge in [-0.05, 0) is 13.8 Å². The maximum Gasteiger partial charge on any atom is 0.242 e. The Morgan fingerprint density at radius 3 is 2.74 bits per heavy atom. The molecule has 0 spiro atoms. The average molecular weight is 258 g/mol. The van der Waals surface area contributed by atoms with Gasteiger partial charge in [0.1, 0.15) is 12.2 Å². The number of aryl methyl sites for hydroxylation is 2. The third kappa shape index (κ3) is 1.58. The second-order valence-corrected chi connectivity index (χ2v) is 4.32. The van der Waals surface area contributed by atoms with E-state index in [-0.39, 0.29) is 5.88 Å². The van der Waals surface area contributed by atoms with Crippen molar-refractivity contribution >= 4 is 11.2 Å². The highest BCUT2D eigenvalue weighted by atomic mass is 16.3. The zero-order valence-electron chi connectivity index (χ0n) is 11.0. The molecule has 3 aromatic rings. The SMILES string of the molecule is CCn1ncc(-c2nc3c(O)ncnc3n2C)c1C. The van der Waals surface area contributed by atoms with Crippen molar-refractivity contribution in [3.63, 3.8) is 0 Å². The van der Waals surface area contributed by atoms with Gasteiger partial charge in [-0.3, -0.25) is 4.68 Å². The number of hydrogen-bond acceptors (Lipinski definition) is 5. The zero-order valence-corrected chi connectivity index (χ0v) is 11.0. The molecule has 3 aromatic heterocycles. The topological polar surface area (TPSA) is 81.7 Å². The van der Waals surface area contributed by atoms with E-state index in [0.717, 1.165) is 23.6 Å². The van der Waals surface area contributed by atoms with E-state index >= 15 is 0 Å². The summed E-state index contributed by atoms with van der Waals surface area (Å²) in [4.78, 5) is 12.3. The smallest absolute Gasteiger partial charge is 0.242 e. The fraction of sp³-hybridized carbons (Fsp3) is 0.333. The first kappa shape index (κ1) is 11.6. The van der Waals surface area contributed by atoms with E-state index in [2.05, 4.69) is 20.1 Å². The van der Waals surface area contributed by atoms with Crippen molar-refractivity contribution < 1.29 is 5.11 Å². The summed E-state index contributed by atoms with van der Waals surface area (Å²) in [5, 5.41) is 14.0. The molecule has 3 rings (SSSR count). The molecule has 7 nitrogen and oxygen atoms in total. The fourth-order valence-corrected chi connectivity index (χ4v) is 2.21. The Hall–Kier alpha value is -2.44. The van der Waals surface area contributed by atoms with Gasteiger partial charge < -0.3 is 9.67 Å². The molecule has 19 heavy (non-hydrogen) atoms. The van der Waals surface area contributed by atoms with Crippen LogP contribution in [0.25, 0.3) is 22.6 Å². The van der Waals surface area contributed by atoms with E-state index < -0.39 is 0 Å². The van der Waals surface area contributed by atoms with E-state index in [1.807, 2.05) is 30.1 Å². The number of imidazole rings is 1. The second kappa shape index (κ2) is 4.04. The molecule has 0 aromatic carbocycles. The van der Waals surface area contributed by atoms with Crippen molar-refractivity contribution in [2.75, 3.05) is 0 Å². The van der Waals surface area contributed by atoms with Crippen LogP contribution < -0.4 is 0 Å². The quantitative estimate of drug-likeness (QED) is 0.748. The second-order valence-electron chi connectivity index (χ2n) is 4.32. The summed E-state index contributed by atoms with van der Waals surface area (Å²) >= 11 is 0. The first-order valence-corrected chi connectivity index (χ1v) is 6.02. The van der Waals surface area contributed by atoms with Crippen molar-refractivity contribution in [2.45, 2.75) is 20.4 Å². The number of nitrogens with zero attached hydrogens (tertiary/aromatic N) is 6. The van der Waals surface area contributed by atoms with Gasteiger partial charge in [0.25, 0.3) is 0 Å². The molecule has 7 heteroatoms. The molecular formula is C12H14N6O. The summed E-state index contributed by atoms with van der Waals surface area (Å²) in [6.45, 7) is 4.84. The number of fused-ring (bicyclic) bond motifs is 1. The van der Waals surface area contributed by atoms with Crippen molar-refractivity contribution in [1.82, 2.24) is 29.3 Å². The summed E-state index contributed by atoms with van der Waals surface area (Å²) in [7, 11) is 1.86. The largest absolute Gasteiger partial charge is 0.492 e. The molecule has 0 saturated heterocycles. The number of rotatable bonds is 2. The normalized spacial score (nSPS) is 11.3. The Balaban J connectivity index is 2.28. The third-order valence-corrected chi connectivity index (χ3v) is 3.28. The molecule has 0 bridgehead atoms. The average Bonchev–Trinajstić information content (AvgIpc) is 2.92. The molecule has 0 radical (unpaired) electrons. The highest BCUT2D eigenvalue weighted by molar-refractivity contribution is 5.81. The lowest BCUT2D eigenvalue weighted by Crippen LogP contribution is -1.99. The van der Waals surface area contributed by atoms with Crippen molar-refractivity contribution in [2.24, 2.45) is 7.05 Å². The molecule has 0 aliphatic carbocycles. The van der Waals surface area contributed by atoms with Gasteiger partial charge >= 0.3 is 0 Å². The van der Waals surface area contributed by atoms with Gasteiger partial charge in [0.15, 0.2) is 11.2 Å². The predicted molar refractivity (Wildman–Crippen MR) is 69.6 cm³/mol. The lowest BCUT2D eigenvalue weighted by molar-refractivity contribution is 0.458. The van der Waals surface area contributed by atoms with Gasteiger partial charge in [-0.2, -0.15) is 10.1 Å². The first-order chi connectivity index (χ1) is 9.13. The summed E-state index contributed by atoms with van der Waals surface area (Å²) < 4.78 is 3.74. The Morgan fingerprint density at radius 2 is 2.11 bits per heavy atom. The van der Waals surface area contributed by atoms with Gasteiger partial charge in [0.2, 0.25) is 5.88 Å². The minimum absolute atomic E-state index is 0.104. The van der Waals surface area contributed by atoms with Crippen LogP contribution in [0.1, 0.15) is 12.6 Å². The van der Waals surface area contributed by atoms with Crippen LogP contribution in [0.4, 0.5) is 0 Å². The summed E-state index contributed by atoms with van der Waals surface area (Å²) in [6.07, 6.45) is 3.11. The molecule has 0 atom stereocenters. The maximum atomic E-state index is 9.73. The molecule has 0 unspecified atom stereocenters. The van der Waals surface area contributed by atoms with Crippen molar-refractivity contribution in [3.05, 3.63) is 18.2 Å². The van der Waals surface area contributed by atoms with Crippen LogP contribution in [0, 0.1) is 6.92 Å².